The van der Waals surface area contributed by atoms with E-state index in [2.05, 4.69) is 4.98 Å². The van der Waals surface area contributed by atoms with Crippen LogP contribution in [-0.4, -0.2) is 59.4 Å². The molecule has 0 N–H and O–H groups in total. The summed E-state index contributed by atoms with van der Waals surface area (Å²) in [5.74, 6) is 0.711. The molecule has 1 fully saturated rings. The summed E-state index contributed by atoms with van der Waals surface area (Å²) in [4.78, 5) is 32.5. The lowest BCUT2D eigenvalue weighted by molar-refractivity contribution is -0.140. The summed E-state index contributed by atoms with van der Waals surface area (Å²) in [7, 11) is 0. The molecule has 3 rings (SSSR count). The third-order valence-corrected chi connectivity index (χ3v) is 5.19. The van der Waals surface area contributed by atoms with Crippen LogP contribution in [0.3, 0.4) is 0 Å². The standard InChI is InChI=1S/C19H23N3O3S/c1-14-3-5-17(6-4-14)25-12-19(24)22-9-7-21(8-10-22)18(23)11-16-13-26-15(2)20-16/h3-6,13H,7-12H2,1-2H3. The highest BCUT2D eigenvalue weighted by Gasteiger charge is 2.24. The van der Waals surface area contributed by atoms with Gasteiger partial charge in [0.2, 0.25) is 5.91 Å². The molecule has 0 aliphatic carbocycles. The van der Waals surface area contributed by atoms with E-state index in [1.165, 1.54) is 0 Å². The van der Waals surface area contributed by atoms with Gasteiger partial charge < -0.3 is 14.5 Å². The molecule has 2 amide bonds. The Kier molecular flexibility index (Phi) is 5.88. The number of carbonyl (C=O) groups excluding carboxylic acids is 2. The van der Waals surface area contributed by atoms with Gasteiger partial charge in [0.15, 0.2) is 6.61 Å². The normalized spacial score (nSPS) is 14.4. The van der Waals surface area contributed by atoms with E-state index in [-0.39, 0.29) is 18.4 Å². The van der Waals surface area contributed by atoms with Crippen molar-refractivity contribution < 1.29 is 14.3 Å². The Morgan fingerprint density at radius 2 is 1.65 bits per heavy atom. The van der Waals surface area contributed by atoms with Gasteiger partial charge in [-0.2, -0.15) is 0 Å². The lowest BCUT2D eigenvalue weighted by Crippen LogP contribution is -2.52. The predicted octanol–water partition coefficient (Wildman–Crippen LogP) is 2.05. The number of nitrogens with zero attached hydrogens (tertiary/aromatic N) is 3. The number of hydrogen-bond acceptors (Lipinski definition) is 5. The van der Waals surface area contributed by atoms with Crippen LogP contribution in [0.15, 0.2) is 29.6 Å². The molecule has 7 heteroatoms. The van der Waals surface area contributed by atoms with E-state index in [9.17, 15) is 9.59 Å². The molecule has 0 bridgehead atoms. The lowest BCUT2D eigenvalue weighted by atomic mass is 10.2. The number of rotatable bonds is 5. The van der Waals surface area contributed by atoms with E-state index >= 15 is 0 Å². The molecule has 6 nitrogen and oxygen atoms in total. The zero-order chi connectivity index (χ0) is 18.5. The molecule has 0 radical (unpaired) electrons. The van der Waals surface area contributed by atoms with Crippen molar-refractivity contribution >= 4 is 23.2 Å². The molecule has 2 heterocycles. The van der Waals surface area contributed by atoms with Gasteiger partial charge in [0, 0.05) is 31.6 Å². The van der Waals surface area contributed by atoms with Crippen LogP contribution < -0.4 is 4.74 Å². The molecule has 0 spiro atoms. The van der Waals surface area contributed by atoms with E-state index in [0.29, 0.717) is 38.3 Å². The second-order valence-electron chi connectivity index (χ2n) is 6.40. The van der Waals surface area contributed by atoms with E-state index in [0.717, 1.165) is 16.3 Å². The maximum atomic E-state index is 12.4. The van der Waals surface area contributed by atoms with Gasteiger partial charge in [-0.05, 0) is 26.0 Å². The van der Waals surface area contributed by atoms with Crippen LogP contribution in [0.2, 0.25) is 0 Å². The summed E-state index contributed by atoms with van der Waals surface area (Å²) in [5, 5.41) is 2.90. The van der Waals surface area contributed by atoms with E-state index in [1.807, 2.05) is 43.5 Å². The van der Waals surface area contributed by atoms with Gasteiger partial charge in [0.1, 0.15) is 5.75 Å². The fourth-order valence-corrected chi connectivity index (χ4v) is 3.44. The monoisotopic (exact) mass is 373 g/mol. The zero-order valence-corrected chi connectivity index (χ0v) is 15.9. The molecular formula is C19H23N3O3S. The first-order valence-corrected chi connectivity index (χ1v) is 9.55. The van der Waals surface area contributed by atoms with E-state index in [1.54, 1.807) is 21.1 Å². The van der Waals surface area contributed by atoms with Crippen molar-refractivity contribution in [1.29, 1.82) is 0 Å². The largest absolute Gasteiger partial charge is 0.484 e. The average Bonchev–Trinajstić information content (AvgIpc) is 3.06. The van der Waals surface area contributed by atoms with Gasteiger partial charge in [-0.25, -0.2) is 4.98 Å². The smallest absolute Gasteiger partial charge is 0.260 e. The third kappa shape index (κ3) is 4.82. The van der Waals surface area contributed by atoms with Crippen molar-refractivity contribution in [1.82, 2.24) is 14.8 Å². The van der Waals surface area contributed by atoms with Gasteiger partial charge in [-0.1, -0.05) is 17.7 Å². The Balaban J connectivity index is 1.43. The maximum absolute atomic E-state index is 12.4. The van der Waals surface area contributed by atoms with Crippen molar-refractivity contribution in [2.75, 3.05) is 32.8 Å². The summed E-state index contributed by atoms with van der Waals surface area (Å²) < 4.78 is 5.55. The van der Waals surface area contributed by atoms with Gasteiger partial charge in [-0.15, -0.1) is 11.3 Å². The molecule has 1 aliphatic heterocycles. The summed E-state index contributed by atoms with van der Waals surface area (Å²) >= 11 is 1.55. The molecule has 1 aromatic heterocycles. The van der Waals surface area contributed by atoms with Gasteiger partial charge in [0.05, 0.1) is 17.1 Å². The first-order valence-electron chi connectivity index (χ1n) is 8.67. The Hall–Kier alpha value is -2.41. The SMILES string of the molecule is Cc1ccc(OCC(=O)N2CCN(C(=O)Cc3csc(C)n3)CC2)cc1. The number of thiazole rings is 1. The second-order valence-corrected chi connectivity index (χ2v) is 7.46. The highest BCUT2D eigenvalue weighted by molar-refractivity contribution is 7.09. The average molecular weight is 373 g/mol. The van der Waals surface area contributed by atoms with Crippen molar-refractivity contribution in [2.45, 2.75) is 20.3 Å². The van der Waals surface area contributed by atoms with Crippen LogP contribution in [0.1, 0.15) is 16.3 Å². The van der Waals surface area contributed by atoms with Crippen LogP contribution in [0.4, 0.5) is 0 Å². The molecule has 26 heavy (non-hydrogen) atoms. The molecule has 2 aromatic rings. The number of aryl methyl sites for hydroxylation is 2. The van der Waals surface area contributed by atoms with Gasteiger partial charge >= 0.3 is 0 Å². The highest BCUT2D eigenvalue weighted by Crippen LogP contribution is 2.13. The molecule has 138 valence electrons. The minimum Gasteiger partial charge on any atom is -0.484 e. The molecule has 1 saturated heterocycles. The summed E-state index contributed by atoms with van der Waals surface area (Å²) in [5.41, 5.74) is 1.97. The zero-order valence-electron chi connectivity index (χ0n) is 15.1. The van der Waals surface area contributed by atoms with Gasteiger partial charge in [0.25, 0.3) is 5.91 Å². The van der Waals surface area contributed by atoms with Crippen LogP contribution in [0, 0.1) is 13.8 Å². The minimum atomic E-state index is -0.0483. The highest BCUT2D eigenvalue weighted by atomic mass is 32.1. The third-order valence-electron chi connectivity index (χ3n) is 4.37. The topological polar surface area (TPSA) is 62.7 Å². The second kappa shape index (κ2) is 8.31. The number of carbonyl (C=O) groups is 2. The van der Waals surface area contributed by atoms with E-state index in [4.69, 9.17) is 4.74 Å². The van der Waals surface area contributed by atoms with Crippen molar-refractivity contribution in [2.24, 2.45) is 0 Å². The number of aromatic nitrogens is 1. The number of hydrogen-bond donors (Lipinski definition) is 0. The Morgan fingerprint density at radius 1 is 1.04 bits per heavy atom. The Morgan fingerprint density at radius 3 is 2.23 bits per heavy atom. The molecular weight excluding hydrogens is 350 g/mol. The van der Waals surface area contributed by atoms with Crippen LogP contribution in [0.5, 0.6) is 5.75 Å². The van der Waals surface area contributed by atoms with Crippen molar-refractivity contribution in [3.8, 4) is 5.75 Å². The van der Waals surface area contributed by atoms with Gasteiger partial charge in [-0.3, -0.25) is 9.59 Å². The lowest BCUT2D eigenvalue weighted by Gasteiger charge is -2.34. The number of amides is 2. The van der Waals surface area contributed by atoms with Crippen LogP contribution >= 0.6 is 11.3 Å². The fraction of sp³-hybridized carbons (Fsp3) is 0.421. The van der Waals surface area contributed by atoms with Crippen LogP contribution in [-0.2, 0) is 16.0 Å². The first-order chi connectivity index (χ1) is 12.5. The predicted molar refractivity (Wildman–Crippen MR) is 100 cm³/mol. The van der Waals surface area contributed by atoms with Crippen molar-refractivity contribution in [3.63, 3.8) is 0 Å². The Labute approximate surface area is 157 Å². The molecule has 0 atom stereocenters. The van der Waals surface area contributed by atoms with Crippen LogP contribution in [0.25, 0.3) is 0 Å². The minimum absolute atomic E-state index is 0.0229. The number of ether oxygens (including phenoxy) is 1. The summed E-state index contributed by atoms with van der Waals surface area (Å²) in [6.07, 6.45) is 0.328. The number of piperazine rings is 1. The molecule has 0 saturated carbocycles. The Bertz CT molecular complexity index is 765. The fourth-order valence-electron chi connectivity index (χ4n) is 2.83. The molecule has 1 aromatic carbocycles. The van der Waals surface area contributed by atoms with E-state index < -0.39 is 0 Å². The molecule has 1 aliphatic rings. The summed E-state index contributed by atoms with van der Waals surface area (Å²) in [6, 6.07) is 7.63. The quantitative estimate of drug-likeness (QED) is 0.805. The summed E-state index contributed by atoms with van der Waals surface area (Å²) in [6.45, 7) is 6.15. The number of benzene rings is 1. The maximum Gasteiger partial charge on any atom is 0.260 e. The molecule has 0 unspecified atom stereocenters. The van der Waals surface area contributed by atoms with Crippen molar-refractivity contribution in [3.05, 3.63) is 45.9 Å². The first kappa shape index (κ1) is 18.4.